The van der Waals surface area contributed by atoms with Crippen molar-refractivity contribution in [2.45, 2.75) is 25.9 Å². The van der Waals surface area contributed by atoms with Crippen molar-refractivity contribution in [3.05, 3.63) is 52.9 Å². The second-order valence-corrected chi connectivity index (χ2v) is 6.21. The molecule has 1 aromatic carbocycles. The second-order valence-electron chi connectivity index (χ2n) is 5.80. The van der Waals surface area contributed by atoms with E-state index in [-0.39, 0.29) is 13.0 Å². The van der Waals surface area contributed by atoms with Crippen molar-refractivity contribution >= 4 is 29.1 Å². The molecular formula is C17H19ClN2O4. The number of hydrogen-bond acceptors (Lipinski definition) is 4. The van der Waals surface area contributed by atoms with E-state index in [2.05, 4.69) is 10.6 Å². The topological polar surface area (TPSA) is 91.6 Å². The summed E-state index contributed by atoms with van der Waals surface area (Å²) in [5.41, 5.74) is -0.102. The van der Waals surface area contributed by atoms with E-state index >= 15 is 0 Å². The molecule has 0 saturated carbocycles. The highest BCUT2D eigenvalue weighted by atomic mass is 35.5. The fourth-order valence-electron chi connectivity index (χ4n) is 2.12. The number of halogens is 1. The summed E-state index contributed by atoms with van der Waals surface area (Å²) < 4.78 is 5.16. The smallest absolute Gasteiger partial charge is 0.313 e. The van der Waals surface area contributed by atoms with E-state index in [9.17, 15) is 14.7 Å². The van der Waals surface area contributed by atoms with Gasteiger partial charge in [-0.05, 0) is 43.7 Å². The van der Waals surface area contributed by atoms with Gasteiger partial charge in [-0.3, -0.25) is 9.59 Å². The largest absolute Gasteiger partial charge is 0.469 e. The van der Waals surface area contributed by atoms with Crippen LogP contribution in [0.4, 0.5) is 5.69 Å². The maximum Gasteiger partial charge on any atom is 0.313 e. The van der Waals surface area contributed by atoms with Gasteiger partial charge in [-0.1, -0.05) is 17.7 Å². The minimum atomic E-state index is -1.24. The Morgan fingerprint density at radius 1 is 1.25 bits per heavy atom. The van der Waals surface area contributed by atoms with Crippen LogP contribution in [0.25, 0.3) is 0 Å². The molecule has 2 amide bonds. The Balaban J connectivity index is 1.89. The van der Waals surface area contributed by atoms with E-state index in [1.54, 1.807) is 44.2 Å². The van der Waals surface area contributed by atoms with Crippen LogP contribution in [0.3, 0.4) is 0 Å². The maximum atomic E-state index is 11.9. The van der Waals surface area contributed by atoms with Gasteiger partial charge in [0.05, 0.1) is 11.9 Å². The number of carbonyl (C=O) groups excluding carboxylic acids is 2. The summed E-state index contributed by atoms with van der Waals surface area (Å²) in [6, 6.07) is 8.46. The first-order chi connectivity index (χ1) is 11.3. The third kappa shape index (κ3) is 4.84. The second kappa shape index (κ2) is 7.51. The van der Waals surface area contributed by atoms with Crippen LogP contribution in [0.2, 0.25) is 5.02 Å². The number of carbonyl (C=O) groups is 2. The van der Waals surface area contributed by atoms with E-state index in [4.69, 9.17) is 16.0 Å². The lowest BCUT2D eigenvalue weighted by molar-refractivity contribution is -0.136. The lowest BCUT2D eigenvalue weighted by Crippen LogP contribution is -2.45. The Labute approximate surface area is 144 Å². The van der Waals surface area contributed by atoms with Crippen LogP contribution in [0.15, 0.2) is 41.0 Å². The highest BCUT2D eigenvalue weighted by Crippen LogP contribution is 2.22. The van der Waals surface area contributed by atoms with Gasteiger partial charge in [0.2, 0.25) is 0 Å². The summed E-state index contributed by atoms with van der Waals surface area (Å²) >= 11 is 5.97. The van der Waals surface area contributed by atoms with E-state index in [0.717, 1.165) is 0 Å². The van der Waals surface area contributed by atoms with Crippen molar-refractivity contribution in [2.24, 2.45) is 0 Å². The van der Waals surface area contributed by atoms with Gasteiger partial charge in [-0.15, -0.1) is 0 Å². The number of benzene rings is 1. The van der Waals surface area contributed by atoms with E-state index < -0.39 is 17.4 Å². The number of anilines is 1. The number of hydrogen-bond donors (Lipinski definition) is 3. The van der Waals surface area contributed by atoms with E-state index in [1.165, 1.54) is 6.26 Å². The zero-order valence-electron chi connectivity index (χ0n) is 13.4. The van der Waals surface area contributed by atoms with Crippen molar-refractivity contribution < 1.29 is 19.1 Å². The van der Waals surface area contributed by atoms with Crippen molar-refractivity contribution in [3.63, 3.8) is 0 Å². The summed E-state index contributed by atoms with van der Waals surface area (Å²) in [7, 11) is 0. The fraction of sp³-hybridized carbons (Fsp3) is 0.294. The predicted molar refractivity (Wildman–Crippen MR) is 90.9 cm³/mol. The molecule has 0 unspecified atom stereocenters. The van der Waals surface area contributed by atoms with E-state index in [1.807, 2.05) is 0 Å². The number of nitrogens with one attached hydrogen (secondary N) is 2. The molecule has 0 aliphatic rings. The van der Waals surface area contributed by atoms with Crippen molar-refractivity contribution in [3.8, 4) is 0 Å². The van der Waals surface area contributed by atoms with Crippen LogP contribution in [-0.2, 0) is 16.0 Å². The molecule has 2 rings (SSSR count). The minimum absolute atomic E-state index is 0.0888. The lowest BCUT2D eigenvalue weighted by Gasteiger charge is -2.22. The third-order valence-electron chi connectivity index (χ3n) is 3.49. The van der Waals surface area contributed by atoms with Crippen LogP contribution < -0.4 is 10.6 Å². The van der Waals surface area contributed by atoms with Crippen molar-refractivity contribution in [1.29, 1.82) is 0 Å². The van der Waals surface area contributed by atoms with Crippen LogP contribution in [-0.4, -0.2) is 29.1 Å². The van der Waals surface area contributed by atoms with Crippen molar-refractivity contribution in [2.75, 3.05) is 11.9 Å². The van der Waals surface area contributed by atoms with Gasteiger partial charge in [-0.2, -0.15) is 0 Å². The van der Waals surface area contributed by atoms with Crippen LogP contribution in [0.1, 0.15) is 18.2 Å². The standard InChI is InChI=1S/C17H19ClN2O4/c1-11-13(18)6-3-7-14(11)20-16(22)15(21)19-10-17(2,23)9-12-5-4-8-24-12/h3-8,23H,9-10H2,1-2H3,(H,19,21)(H,20,22)/t17-/m0/s1. The summed E-state index contributed by atoms with van der Waals surface area (Å²) in [4.78, 5) is 23.8. The zero-order chi connectivity index (χ0) is 17.7. The zero-order valence-corrected chi connectivity index (χ0v) is 14.2. The first-order valence-corrected chi connectivity index (χ1v) is 7.75. The molecule has 0 bridgehead atoms. The maximum absolute atomic E-state index is 11.9. The van der Waals surface area contributed by atoms with Gasteiger partial charge in [-0.25, -0.2) is 0 Å². The molecule has 0 fully saturated rings. The molecule has 2 aromatic rings. The molecule has 1 atom stereocenters. The van der Waals surface area contributed by atoms with Gasteiger partial charge >= 0.3 is 11.8 Å². The Kier molecular flexibility index (Phi) is 5.64. The summed E-state index contributed by atoms with van der Waals surface area (Å²) in [5.74, 6) is -1.07. The molecule has 0 radical (unpaired) electrons. The number of aliphatic hydroxyl groups is 1. The molecule has 24 heavy (non-hydrogen) atoms. The van der Waals surface area contributed by atoms with Gasteiger partial charge in [0.1, 0.15) is 5.76 Å². The van der Waals surface area contributed by atoms with Gasteiger partial charge in [0, 0.05) is 23.7 Å². The third-order valence-corrected chi connectivity index (χ3v) is 3.90. The molecule has 1 aromatic heterocycles. The summed E-state index contributed by atoms with van der Waals surface area (Å²) in [5, 5.41) is 15.7. The van der Waals surface area contributed by atoms with E-state index in [0.29, 0.717) is 22.0 Å². The quantitative estimate of drug-likeness (QED) is 0.721. The van der Waals surface area contributed by atoms with Crippen LogP contribution in [0, 0.1) is 6.92 Å². The Bertz CT molecular complexity index is 726. The predicted octanol–water partition coefficient (Wildman–Crippen LogP) is 2.29. The van der Waals surface area contributed by atoms with Gasteiger partial charge in [0.15, 0.2) is 0 Å². The molecule has 0 saturated heterocycles. The Hall–Kier alpha value is -2.31. The van der Waals surface area contributed by atoms with Crippen LogP contribution in [0.5, 0.6) is 0 Å². The average Bonchev–Trinajstić information content (AvgIpc) is 3.01. The minimum Gasteiger partial charge on any atom is -0.469 e. The SMILES string of the molecule is Cc1c(Cl)cccc1NC(=O)C(=O)NC[C@@](C)(O)Cc1ccco1. The molecule has 0 aliphatic heterocycles. The Morgan fingerprint density at radius 2 is 2.00 bits per heavy atom. The first kappa shape index (κ1) is 18.0. The number of furan rings is 1. The molecule has 0 spiro atoms. The molecule has 3 N–H and O–H groups in total. The highest BCUT2D eigenvalue weighted by Gasteiger charge is 2.25. The summed E-state index contributed by atoms with van der Waals surface area (Å²) in [6.07, 6.45) is 1.72. The molecule has 0 aliphatic carbocycles. The lowest BCUT2D eigenvalue weighted by atomic mass is 10.0. The number of rotatable bonds is 5. The molecule has 128 valence electrons. The molecule has 7 heteroatoms. The van der Waals surface area contributed by atoms with Crippen LogP contribution >= 0.6 is 11.6 Å². The highest BCUT2D eigenvalue weighted by molar-refractivity contribution is 6.40. The molecule has 6 nitrogen and oxygen atoms in total. The monoisotopic (exact) mass is 350 g/mol. The van der Waals surface area contributed by atoms with Gasteiger partial charge in [0.25, 0.3) is 0 Å². The summed E-state index contributed by atoms with van der Waals surface area (Å²) in [6.45, 7) is 3.20. The fourth-order valence-corrected chi connectivity index (χ4v) is 2.30. The normalized spacial score (nSPS) is 13.2. The molecular weight excluding hydrogens is 332 g/mol. The van der Waals surface area contributed by atoms with Gasteiger partial charge < -0.3 is 20.2 Å². The first-order valence-electron chi connectivity index (χ1n) is 7.37. The number of amides is 2. The Morgan fingerprint density at radius 3 is 2.67 bits per heavy atom. The van der Waals surface area contributed by atoms with Crippen molar-refractivity contribution in [1.82, 2.24) is 5.32 Å². The molecule has 1 heterocycles. The average molecular weight is 351 g/mol.